The SMILES string of the molecule is C=CCCOC(=O)N(Cc1ccc2c(c1)OCO2)C1CC(=NOCc2ccc([N+](=O)[O-])cc2)C2=CC(CCCCO)C(CCCCO)C3c4cc(Oc5ccc(-c6ccccc6)cc5)ccc4OC1(OCC=C)C23. The predicted molar refractivity (Wildman–Crippen MR) is 279 cm³/mol. The van der Waals surface area contributed by atoms with Crippen LogP contribution in [0.5, 0.6) is 28.7 Å². The zero-order valence-electron chi connectivity index (χ0n) is 41.4. The number of oxime groups is 1. The zero-order valence-corrected chi connectivity index (χ0v) is 41.4. The number of benzene rings is 5. The highest BCUT2D eigenvalue weighted by atomic mass is 16.7. The third-order valence-corrected chi connectivity index (χ3v) is 14.3. The molecule has 6 atom stereocenters. The van der Waals surface area contributed by atoms with Gasteiger partial charge in [-0.05, 0) is 126 Å². The van der Waals surface area contributed by atoms with Crippen molar-refractivity contribution in [2.75, 3.05) is 33.2 Å². The zero-order chi connectivity index (χ0) is 51.4. The van der Waals surface area contributed by atoms with Gasteiger partial charge in [-0.25, -0.2) is 4.79 Å². The summed E-state index contributed by atoms with van der Waals surface area (Å²) in [6.07, 6.45) is 9.74. The number of rotatable bonds is 24. The summed E-state index contributed by atoms with van der Waals surface area (Å²) in [5, 5.41) is 36.6. The summed E-state index contributed by atoms with van der Waals surface area (Å²) in [6, 6.07) is 34.8. The number of carbonyl (C=O) groups excluding carboxylic acids is 1. The molecule has 4 aliphatic rings. The van der Waals surface area contributed by atoms with E-state index in [2.05, 4.69) is 37.4 Å². The summed E-state index contributed by atoms with van der Waals surface area (Å²) in [6.45, 7) is 8.28. The highest BCUT2D eigenvalue weighted by Crippen LogP contribution is 2.62. The molecular weight excluding hydrogens is 943 g/mol. The Hall–Kier alpha value is -7.46. The fourth-order valence-corrected chi connectivity index (χ4v) is 10.9. The van der Waals surface area contributed by atoms with Crippen LogP contribution in [0.25, 0.3) is 11.1 Å². The number of unbranched alkanes of at least 4 members (excludes halogenated alkanes) is 2. The van der Waals surface area contributed by atoms with Crippen molar-refractivity contribution in [2.45, 2.75) is 82.3 Å². The molecule has 9 rings (SSSR count). The Morgan fingerprint density at radius 1 is 0.824 bits per heavy atom. The average Bonchev–Trinajstić information content (AvgIpc) is 3.93. The van der Waals surface area contributed by atoms with Crippen LogP contribution in [0, 0.1) is 27.9 Å². The second-order valence-corrected chi connectivity index (χ2v) is 19.0. The first-order valence-corrected chi connectivity index (χ1v) is 25.4. The molecule has 2 heterocycles. The van der Waals surface area contributed by atoms with E-state index in [0.29, 0.717) is 59.3 Å². The fraction of sp³-hybridized carbons (Fsp3) is 0.356. The molecule has 0 spiro atoms. The highest BCUT2D eigenvalue weighted by molar-refractivity contribution is 6.03. The number of allylic oxidation sites excluding steroid dienone is 1. The maximum Gasteiger partial charge on any atom is 0.410 e. The lowest BCUT2D eigenvalue weighted by atomic mass is 9.55. The molecule has 2 N–H and O–H groups in total. The van der Waals surface area contributed by atoms with Crippen molar-refractivity contribution in [3.63, 3.8) is 0 Å². The molecule has 5 aromatic carbocycles. The average molecular weight is 1010 g/mol. The van der Waals surface area contributed by atoms with Crippen LogP contribution in [0.2, 0.25) is 0 Å². The van der Waals surface area contributed by atoms with Crippen LogP contribution in [-0.4, -0.2) is 76.9 Å². The van der Waals surface area contributed by atoms with Gasteiger partial charge in [0.15, 0.2) is 11.5 Å². The van der Waals surface area contributed by atoms with Crippen molar-refractivity contribution >= 4 is 17.5 Å². The summed E-state index contributed by atoms with van der Waals surface area (Å²) in [4.78, 5) is 33.9. The van der Waals surface area contributed by atoms with Gasteiger partial charge in [0.05, 0.1) is 29.8 Å². The highest BCUT2D eigenvalue weighted by Gasteiger charge is 2.66. The minimum atomic E-state index is -1.58. The molecule has 5 aromatic rings. The van der Waals surface area contributed by atoms with Gasteiger partial charge in [-0.3, -0.25) is 15.0 Å². The second kappa shape index (κ2) is 24.1. The Bertz CT molecular complexity index is 2820. The van der Waals surface area contributed by atoms with E-state index in [0.717, 1.165) is 53.5 Å². The first kappa shape index (κ1) is 51.4. The van der Waals surface area contributed by atoms with Crippen molar-refractivity contribution in [1.29, 1.82) is 0 Å². The smallest absolute Gasteiger partial charge is 0.410 e. The van der Waals surface area contributed by atoms with Crippen molar-refractivity contribution in [3.8, 4) is 39.9 Å². The molecule has 0 radical (unpaired) electrons. The number of carbonyl (C=O) groups is 1. The summed E-state index contributed by atoms with van der Waals surface area (Å²) in [5.41, 5.74) is 5.82. The molecule has 1 amide bonds. The van der Waals surface area contributed by atoms with Crippen molar-refractivity contribution < 1.29 is 53.2 Å². The molecule has 1 saturated carbocycles. The first-order chi connectivity index (χ1) is 36.2. The molecule has 74 heavy (non-hydrogen) atoms. The Kier molecular flexibility index (Phi) is 16.7. The quantitative estimate of drug-likeness (QED) is 0.0259. The Balaban J connectivity index is 1.21. The van der Waals surface area contributed by atoms with Gasteiger partial charge in [0.2, 0.25) is 12.6 Å². The number of nitrogens with zero attached hydrogens (tertiary/aromatic N) is 3. The third kappa shape index (κ3) is 11.3. The maximum atomic E-state index is 15.0. The lowest BCUT2D eigenvalue weighted by Gasteiger charge is -2.59. The van der Waals surface area contributed by atoms with Gasteiger partial charge >= 0.3 is 6.09 Å². The molecule has 15 heteroatoms. The van der Waals surface area contributed by atoms with Crippen molar-refractivity contribution in [3.05, 3.63) is 179 Å². The molecule has 15 nitrogen and oxygen atoms in total. The largest absolute Gasteiger partial charge is 0.459 e. The molecule has 0 aromatic heterocycles. The summed E-state index contributed by atoms with van der Waals surface area (Å²) >= 11 is 0. The molecule has 0 saturated heterocycles. The van der Waals surface area contributed by atoms with E-state index in [1.807, 2.05) is 72.8 Å². The molecule has 2 aliphatic heterocycles. The molecule has 1 fully saturated rings. The van der Waals surface area contributed by atoms with Gasteiger partial charge in [-0.2, -0.15) is 0 Å². The lowest BCUT2D eigenvalue weighted by Crippen LogP contribution is -2.70. The van der Waals surface area contributed by atoms with E-state index in [-0.39, 0.29) is 76.2 Å². The summed E-state index contributed by atoms with van der Waals surface area (Å²) in [5.74, 6) is 0.349. The fourth-order valence-electron chi connectivity index (χ4n) is 10.9. The van der Waals surface area contributed by atoms with E-state index in [1.165, 1.54) is 12.1 Å². The monoisotopic (exact) mass is 1010 g/mol. The Morgan fingerprint density at radius 2 is 1.54 bits per heavy atom. The number of hydrogen-bond acceptors (Lipinski definition) is 13. The molecule has 6 unspecified atom stereocenters. The molecule has 386 valence electrons. The topological polar surface area (TPSA) is 181 Å². The number of ether oxygens (including phenoxy) is 6. The number of fused-ring (bicyclic) bond motifs is 3. The number of nitro groups is 1. The minimum absolute atomic E-state index is 0.00617. The van der Waals surface area contributed by atoms with E-state index in [1.54, 1.807) is 29.2 Å². The van der Waals surface area contributed by atoms with Gasteiger partial charge in [-0.15, -0.1) is 13.2 Å². The van der Waals surface area contributed by atoms with Gasteiger partial charge < -0.3 is 43.5 Å². The van der Waals surface area contributed by atoms with Crippen LogP contribution < -0.4 is 18.9 Å². The van der Waals surface area contributed by atoms with Crippen LogP contribution in [-0.2, 0) is 27.5 Å². The predicted octanol–water partition coefficient (Wildman–Crippen LogP) is 11.8. The van der Waals surface area contributed by atoms with E-state index < -0.39 is 28.8 Å². The van der Waals surface area contributed by atoms with Crippen molar-refractivity contribution in [2.24, 2.45) is 22.9 Å². The van der Waals surface area contributed by atoms with Crippen LogP contribution in [0.3, 0.4) is 0 Å². The van der Waals surface area contributed by atoms with Gasteiger partial charge in [-0.1, -0.05) is 84.8 Å². The summed E-state index contributed by atoms with van der Waals surface area (Å²) in [7, 11) is 0. The van der Waals surface area contributed by atoms with Gasteiger partial charge in [0.1, 0.15) is 29.9 Å². The summed E-state index contributed by atoms with van der Waals surface area (Å²) < 4.78 is 38.8. The van der Waals surface area contributed by atoms with E-state index in [9.17, 15) is 25.1 Å². The van der Waals surface area contributed by atoms with Crippen LogP contribution in [0.15, 0.2) is 157 Å². The second-order valence-electron chi connectivity index (χ2n) is 19.0. The maximum absolute atomic E-state index is 15.0. The third-order valence-electron chi connectivity index (χ3n) is 14.3. The van der Waals surface area contributed by atoms with Gasteiger partial charge in [0, 0.05) is 49.8 Å². The minimum Gasteiger partial charge on any atom is -0.459 e. The number of aliphatic hydroxyl groups excluding tert-OH is 2. The standard InChI is InChI=1S/C59H63N3O12/c1-3-5-32-68-58(65)61(37-41-19-27-53-54(33-41)70-39-69-53)55-36-51(60-72-38-40-17-22-45(23-18-40)62(66)67)49-34-44(15-9-11-29-63)48(16-10-12-30-64)56-50-35-47(26-28-52(50)74-59(55,57(49)56)71-31-4-2)73-46-24-20-43(21-25-46)42-13-7-6-8-14-42/h3-4,6-8,13-14,17-28,33-35,44,48,55-57,63-64H,1-2,5,9-12,15-16,29-32,36-39H2. The molecule has 0 bridgehead atoms. The van der Waals surface area contributed by atoms with E-state index >= 15 is 0 Å². The number of amides is 1. The number of nitro benzene ring substituents is 1. The first-order valence-electron chi connectivity index (χ1n) is 25.4. The molecular formula is C59H63N3O12. The van der Waals surface area contributed by atoms with E-state index in [4.69, 9.17) is 38.4 Å². The van der Waals surface area contributed by atoms with Crippen molar-refractivity contribution in [1.82, 2.24) is 4.90 Å². The van der Waals surface area contributed by atoms with Crippen LogP contribution >= 0.6 is 0 Å². The molecule has 2 aliphatic carbocycles. The Labute approximate surface area is 431 Å². The van der Waals surface area contributed by atoms with Gasteiger partial charge in [0.25, 0.3) is 5.69 Å². The van der Waals surface area contributed by atoms with Crippen LogP contribution in [0.1, 0.15) is 74.0 Å². The Morgan fingerprint density at radius 3 is 2.28 bits per heavy atom. The number of aliphatic hydroxyl groups is 2. The number of non-ortho nitro benzene ring substituents is 1. The van der Waals surface area contributed by atoms with Crippen LogP contribution in [0.4, 0.5) is 10.5 Å². The number of hydrogen-bond donors (Lipinski definition) is 2. The lowest BCUT2D eigenvalue weighted by molar-refractivity contribution is -0.384. The normalized spacial score (nSPS) is 21.6.